The van der Waals surface area contributed by atoms with Crippen molar-refractivity contribution in [1.29, 1.82) is 0 Å². The molecule has 0 fully saturated rings. The zero-order valence-corrected chi connectivity index (χ0v) is 18.4. The maximum atomic E-state index is 14.1. The summed E-state index contributed by atoms with van der Waals surface area (Å²) in [6.07, 6.45) is 1.65. The Hall–Kier alpha value is -2.19. The second kappa shape index (κ2) is 9.75. The van der Waals surface area contributed by atoms with Crippen molar-refractivity contribution >= 4 is 23.5 Å². The first-order valence-corrected chi connectivity index (χ1v) is 10.4. The number of carbonyl (C=O) groups is 1. The van der Waals surface area contributed by atoms with Crippen LogP contribution in [0.4, 0.5) is 13.2 Å². The lowest BCUT2D eigenvalue weighted by Gasteiger charge is -2.18. The Bertz CT molecular complexity index is 930. The molecule has 0 spiro atoms. The number of aryl methyl sites for hydroxylation is 1. The summed E-state index contributed by atoms with van der Waals surface area (Å²) < 4.78 is 43.9. The van der Waals surface area contributed by atoms with Crippen LogP contribution < -0.4 is 4.74 Å². The lowest BCUT2D eigenvalue weighted by atomic mass is 9.90. The molecular formula is C22H26F3NO3S. The van der Waals surface area contributed by atoms with Gasteiger partial charge in [0.15, 0.2) is 0 Å². The van der Waals surface area contributed by atoms with Crippen LogP contribution in [0.3, 0.4) is 0 Å². The van der Waals surface area contributed by atoms with Gasteiger partial charge in [-0.05, 0) is 61.1 Å². The lowest BCUT2D eigenvalue weighted by molar-refractivity contribution is -0.117. The van der Waals surface area contributed by atoms with Gasteiger partial charge in [-0.1, -0.05) is 20.8 Å². The van der Waals surface area contributed by atoms with E-state index in [-0.39, 0.29) is 23.0 Å². The molecule has 2 rings (SSSR count). The first-order valence-electron chi connectivity index (χ1n) is 9.61. The number of carbonyl (C=O) groups excluding carboxylic acids is 1. The maximum Gasteiger partial charge on any atom is 0.387 e. The van der Waals surface area contributed by atoms with Gasteiger partial charge in [-0.3, -0.25) is 4.79 Å². The molecule has 1 aromatic heterocycles. The number of hydrogen-bond donors (Lipinski definition) is 1. The molecule has 0 saturated heterocycles. The van der Waals surface area contributed by atoms with Crippen LogP contribution >= 0.6 is 11.3 Å². The minimum absolute atomic E-state index is 0.0209. The van der Waals surface area contributed by atoms with E-state index in [1.165, 1.54) is 18.2 Å². The molecule has 2 aromatic rings. The van der Waals surface area contributed by atoms with Gasteiger partial charge in [0.2, 0.25) is 5.91 Å². The number of amides is 1. The van der Waals surface area contributed by atoms with E-state index in [1.807, 2.05) is 20.8 Å². The molecule has 0 atom stereocenters. The highest BCUT2D eigenvalue weighted by molar-refractivity contribution is 7.13. The molecule has 1 aromatic carbocycles. The second-order valence-corrected chi connectivity index (χ2v) is 8.83. The van der Waals surface area contributed by atoms with Crippen molar-refractivity contribution in [3.8, 4) is 5.75 Å². The SMILES string of the molecule is CCc1cc(OC(F)F)cc(C(C)C)c1CC(=O)N=Cc1sc(C(C)(C)O)cc1F. The Morgan fingerprint density at radius 3 is 2.47 bits per heavy atom. The van der Waals surface area contributed by atoms with Gasteiger partial charge in [0.25, 0.3) is 0 Å². The number of thiophene rings is 1. The summed E-state index contributed by atoms with van der Waals surface area (Å²) >= 11 is 1.02. The predicted octanol–water partition coefficient (Wildman–Crippen LogP) is 5.59. The van der Waals surface area contributed by atoms with Gasteiger partial charge in [-0.2, -0.15) is 8.78 Å². The minimum Gasteiger partial charge on any atom is -0.435 e. The smallest absolute Gasteiger partial charge is 0.387 e. The Kier molecular flexibility index (Phi) is 7.82. The summed E-state index contributed by atoms with van der Waals surface area (Å²) in [4.78, 5) is 16.9. The molecule has 0 saturated carbocycles. The van der Waals surface area contributed by atoms with Gasteiger partial charge in [0.05, 0.1) is 23.1 Å². The molecule has 4 nitrogen and oxygen atoms in total. The Labute approximate surface area is 178 Å². The summed E-state index contributed by atoms with van der Waals surface area (Å²) in [6, 6.07) is 4.26. The van der Waals surface area contributed by atoms with Crippen LogP contribution in [-0.2, 0) is 23.2 Å². The molecule has 1 heterocycles. The van der Waals surface area contributed by atoms with E-state index in [2.05, 4.69) is 9.73 Å². The fourth-order valence-electron chi connectivity index (χ4n) is 3.04. The van der Waals surface area contributed by atoms with E-state index < -0.39 is 23.9 Å². The topological polar surface area (TPSA) is 58.9 Å². The van der Waals surface area contributed by atoms with Gasteiger partial charge in [0, 0.05) is 4.88 Å². The normalized spacial score (nSPS) is 12.4. The first-order chi connectivity index (χ1) is 13.9. The fourth-order valence-corrected chi connectivity index (χ4v) is 3.95. The van der Waals surface area contributed by atoms with E-state index in [0.29, 0.717) is 11.3 Å². The number of hydrogen-bond acceptors (Lipinski definition) is 4. The number of benzene rings is 1. The molecular weight excluding hydrogens is 415 g/mol. The van der Waals surface area contributed by atoms with Crippen molar-refractivity contribution in [2.45, 2.75) is 65.6 Å². The summed E-state index contributed by atoms with van der Waals surface area (Å²) in [7, 11) is 0. The van der Waals surface area contributed by atoms with Crippen LogP contribution in [0, 0.1) is 5.82 Å². The van der Waals surface area contributed by atoms with E-state index in [4.69, 9.17) is 0 Å². The second-order valence-electron chi connectivity index (χ2n) is 7.75. The van der Waals surface area contributed by atoms with Crippen molar-refractivity contribution in [2.24, 2.45) is 4.99 Å². The molecule has 0 unspecified atom stereocenters. The van der Waals surface area contributed by atoms with E-state index in [1.54, 1.807) is 13.8 Å². The van der Waals surface area contributed by atoms with Crippen LogP contribution in [-0.4, -0.2) is 23.8 Å². The van der Waals surface area contributed by atoms with Gasteiger partial charge in [-0.15, -0.1) is 11.3 Å². The summed E-state index contributed by atoms with van der Waals surface area (Å²) in [5, 5.41) is 9.99. The van der Waals surface area contributed by atoms with Crippen molar-refractivity contribution in [1.82, 2.24) is 0 Å². The molecule has 1 amide bonds. The number of alkyl halides is 2. The van der Waals surface area contributed by atoms with Gasteiger partial charge >= 0.3 is 6.61 Å². The van der Waals surface area contributed by atoms with Crippen LogP contribution in [0.25, 0.3) is 0 Å². The molecule has 0 aliphatic carbocycles. The first kappa shape index (κ1) is 24.1. The third-order valence-corrected chi connectivity index (χ3v) is 5.91. The number of aliphatic hydroxyl groups is 1. The van der Waals surface area contributed by atoms with Crippen molar-refractivity contribution in [2.75, 3.05) is 0 Å². The van der Waals surface area contributed by atoms with Crippen LogP contribution in [0.2, 0.25) is 0 Å². The van der Waals surface area contributed by atoms with Gasteiger partial charge < -0.3 is 9.84 Å². The number of nitrogens with zero attached hydrogens (tertiary/aromatic N) is 1. The largest absolute Gasteiger partial charge is 0.435 e. The lowest BCUT2D eigenvalue weighted by Crippen LogP contribution is -2.12. The summed E-state index contributed by atoms with van der Waals surface area (Å²) in [6.45, 7) is 5.83. The Balaban J connectivity index is 2.29. The molecule has 30 heavy (non-hydrogen) atoms. The number of ether oxygens (including phenoxy) is 1. The predicted molar refractivity (Wildman–Crippen MR) is 112 cm³/mol. The highest BCUT2D eigenvalue weighted by Crippen LogP contribution is 2.31. The molecule has 0 radical (unpaired) electrons. The average Bonchev–Trinajstić information content (AvgIpc) is 3.01. The Morgan fingerprint density at radius 1 is 1.30 bits per heavy atom. The Morgan fingerprint density at radius 2 is 1.97 bits per heavy atom. The highest BCUT2D eigenvalue weighted by Gasteiger charge is 2.21. The molecule has 0 aliphatic rings. The number of rotatable bonds is 8. The fraction of sp³-hybridized carbons (Fsp3) is 0.455. The van der Waals surface area contributed by atoms with Crippen molar-refractivity contribution in [3.05, 3.63) is 50.5 Å². The highest BCUT2D eigenvalue weighted by atomic mass is 32.1. The zero-order valence-electron chi connectivity index (χ0n) is 17.6. The number of halogens is 3. The van der Waals surface area contributed by atoms with E-state index in [9.17, 15) is 23.1 Å². The van der Waals surface area contributed by atoms with Crippen LogP contribution in [0.15, 0.2) is 23.2 Å². The van der Waals surface area contributed by atoms with E-state index >= 15 is 0 Å². The summed E-state index contributed by atoms with van der Waals surface area (Å²) in [5.41, 5.74) is 0.999. The van der Waals surface area contributed by atoms with Gasteiger partial charge in [0.1, 0.15) is 11.6 Å². The van der Waals surface area contributed by atoms with Gasteiger partial charge in [-0.25, -0.2) is 9.38 Å². The molecule has 1 N–H and O–H groups in total. The van der Waals surface area contributed by atoms with E-state index in [0.717, 1.165) is 34.2 Å². The third kappa shape index (κ3) is 6.15. The van der Waals surface area contributed by atoms with Crippen molar-refractivity contribution in [3.63, 3.8) is 0 Å². The summed E-state index contributed by atoms with van der Waals surface area (Å²) in [5.74, 6) is -0.997. The standard InChI is InChI=1S/C22H26F3NO3S/c1-6-13-7-14(29-21(24)25)8-15(12(2)3)16(13)9-20(27)26-11-18-17(23)10-19(30-18)22(4,5)28/h7-8,10-12,21,28H,6,9H2,1-5H3. The minimum atomic E-state index is -2.93. The molecule has 8 heteroatoms. The quantitative estimate of drug-likeness (QED) is 0.543. The van der Waals surface area contributed by atoms with Crippen LogP contribution in [0.5, 0.6) is 5.75 Å². The zero-order chi connectivity index (χ0) is 22.6. The van der Waals surface area contributed by atoms with Crippen molar-refractivity contribution < 1.29 is 27.8 Å². The third-order valence-electron chi connectivity index (χ3n) is 4.55. The number of aliphatic imine (C=N–C) groups is 1. The maximum absolute atomic E-state index is 14.1. The molecule has 0 bridgehead atoms. The molecule has 164 valence electrons. The average molecular weight is 442 g/mol. The monoisotopic (exact) mass is 441 g/mol. The van der Waals surface area contributed by atoms with Crippen LogP contribution in [0.1, 0.15) is 67.0 Å². The molecule has 0 aliphatic heterocycles.